The highest BCUT2D eigenvalue weighted by Gasteiger charge is 2.41. The SMILES string of the molecule is CC1CC(C(=O)O)C(C(=O)c2ccc(F)cc2)C1. The molecule has 0 heterocycles. The van der Waals surface area contributed by atoms with Crippen molar-refractivity contribution in [2.45, 2.75) is 19.8 Å². The lowest BCUT2D eigenvalue weighted by Crippen LogP contribution is -2.25. The Bertz CT molecular complexity index is 466. The van der Waals surface area contributed by atoms with E-state index in [0.29, 0.717) is 18.4 Å². The summed E-state index contributed by atoms with van der Waals surface area (Å²) in [5.41, 5.74) is 0.391. The van der Waals surface area contributed by atoms with E-state index in [1.807, 2.05) is 6.92 Å². The van der Waals surface area contributed by atoms with Gasteiger partial charge in [0.15, 0.2) is 5.78 Å². The van der Waals surface area contributed by atoms with Crippen LogP contribution in [0, 0.1) is 23.6 Å². The van der Waals surface area contributed by atoms with Gasteiger partial charge in [-0.1, -0.05) is 6.92 Å². The van der Waals surface area contributed by atoms with Crippen LogP contribution in [0.1, 0.15) is 30.1 Å². The maximum atomic E-state index is 12.8. The van der Waals surface area contributed by atoms with E-state index in [0.717, 1.165) is 0 Å². The number of hydrogen-bond donors (Lipinski definition) is 1. The molecule has 18 heavy (non-hydrogen) atoms. The number of carboxylic acids is 1. The molecule has 4 heteroatoms. The van der Waals surface area contributed by atoms with Gasteiger partial charge in [-0.05, 0) is 43.0 Å². The third kappa shape index (κ3) is 2.42. The molecular weight excluding hydrogens is 235 g/mol. The first-order valence-corrected chi connectivity index (χ1v) is 6.01. The molecule has 1 N–H and O–H groups in total. The molecule has 0 radical (unpaired) electrons. The van der Waals surface area contributed by atoms with Crippen LogP contribution >= 0.6 is 0 Å². The Morgan fingerprint density at radius 2 is 1.72 bits per heavy atom. The standard InChI is InChI=1S/C14H15FO3/c1-8-6-11(12(7-8)14(17)18)13(16)9-2-4-10(15)5-3-9/h2-5,8,11-12H,6-7H2,1H3,(H,17,18). The van der Waals surface area contributed by atoms with Crippen molar-refractivity contribution in [2.24, 2.45) is 17.8 Å². The van der Waals surface area contributed by atoms with Gasteiger partial charge in [0.05, 0.1) is 5.92 Å². The summed E-state index contributed by atoms with van der Waals surface area (Å²) >= 11 is 0. The molecule has 0 amide bonds. The number of benzene rings is 1. The first kappa shape index (κ1) is 12.7. The molecule has 2 rings (SSSR count). The van der Waals surface area contributed by atoms with E-state index in [1.54, 1.807) is 0 Å². The van der Waals surface area contributed by atoms with E-state index in [4.69, 9.17) is 5.11 Å². The quantitative estimate of drug-likeness (QED) is 0.839. The summed E-state index contributed by atoms with van der Waals surface area (Å²) < 4.78 is 12.8. The van der Waals surface area contributed by atoms with Crippen LogP contribution in [0.3, 0.4) is 0 Å². The Hall–Kier alpha value is -1.71. The Morgan fingerprint density at radius 1 is 1.17 bits per heavy atom. The number of rotatable bonds is 3. The Balaban J connectivity index is 2.22. The number of ketones is 1. The van der Waals surface area contributed by atoms with Crippen molar-refractivity contribution >= 4 is 11.8 Å². The van der Waals surface area contributed by atoms with Crippen molar-refractivity contribution in [3.8, 4) is 0 Å². The summed E-state index contributed by atoms with van der Waals surface area (Å²) in [5, 5.41) is 9.13. The Labute approximate surface area is 105 Å². The lowest BCUT2D eigenvalue weighted by molar-refractivity contribution is -0.142. The molecule has 1 aliphatic carbocycles. The number of carbonyl (C=O) groups is 2. The minimum absolute atomic E-state index is 0.188. The fraction of sp³-hybridized carbons (Fsp3) is 0.429. The molecule has 0 bridgehead atoms. The smallest absolute Gasteiger partial charge is 0.307 e. The molecule has 3 unspecified atom stereocenters. The van der Waals surface area contributed by atoms with Gasteiger partial charge in [-0.3, -0.25) is 9.59 Å². The van der Waals surface area contributed by atoms with Crippen LogP contribution in [0.4, 0.5) is 4.39 Å². The number of aliphatic carboxylic acids is 1. The zero-order chi connectivity index (χ0) is 13.3. The predicted molar refractivity (Wildman–Crippen MR) is 63.7 cm³/mol. The Morgan fingerprint density at radius 3 is 2.28 bits per heavy atom. The lowest BCUT2D eigenvalue weighted by Gasteiger charge is -2.14. The van der Waals surface area contributed by atoms with Crippen LogP contribution in [0.5, 0.6) is 0 Å². The van der Waals surface area contributed by atoms with Crippen LogP contribution in [-0.2, 0) is 4.79 Å². The highest BCUT2D eigenvalue weighted by Crippen LogP contribution is 2.38. The van der Waals surface area contributed by atoms with E-state index in [-0.39, 0.29) is 11.7 Å². The molecule has 0 aromatic heterocycles. The number of Topliss-reactive ketones (excluding diaryl/α,β-unsaturated/α-hetero) is 1. The first-order chi connectivity index (χ1) is 8.49. The van der Waals surface area contributed by atoms with E-state index < -0.39 is 23.6 Å². The van der Waals surface area contributed by atoms with Crippen LogP contribution in [0.15, 0.2) is 24.3 Å². The van der Waals surface area contributed by atoms with Gasteiger partial charge >= 0.3 is 5.97 Å². The van der Waals surface area contributed by atoms with Gasteiger partial charge in [-0.25, -0.2) is 4.39 Å². The minimum Gasteiger partial charge on any atom is -0.481 e. The molecule has 3 atom stereocenters. The molecule has 0 spiro atoms. The van der Waals surface area contributed by atoms with Crippen LogP contribution in [0.25, 0.3) is 0 Å². The largest absolute Gasteiger partial charge is 0.481 e. The maximum Gasteiger partial charge on any atom is 0.307 e. The molecule has 1 aliphatic rings. The zero-order valence-corrected chi connectivity index (χ0v) is 10.1. The van der Waals surface area contributed by atoms with Crippen molar-refractivity contribution in [1.29, 1.82) is 0 Å². The van der Waals surface area contributed by atoms with Gasteiger partial charge in [0.25, 0.3) is 0 Å². The highest BCUT2D eigenvalue weighted by molar-refractivity contribution is 6.00. The lowest BCUT2D eigenvalue weighted by atomic mass is 9.88. The highest BCUT2D eigenvalue weighted by atomic mass is 19.1. The van der Waals surface area contributed by atoms with Crippen molar-refractivity contribution in [2.75, 3.05) is 0 Å². The molecule has 1 saturated carbocycles. The van der Waals surface area contributed by atoms with Crippen molar-refractivity contribution in [3.63, 3.8) is 0 Å². The maximum absolute atomic E-state index is 12.8. The van der Waals surface area contributed by atoms with Crippen molar-refractivity contribution in [3.05, 3.63) is 35.6 Å². The Kier molecular flexibility index (Phi) is 3.45. The van der Waals surface area contributed by atoms with Gasteiger partial charge in [0, 0.05) is 11.5 Å². The number of carbonyl (C=O) groups excluding carboxylic acids is 1. The second kappa shape index (κ2) is 4.88. The van der Waals surface area contributed by atoms with Gasteiger partial charge < -0.3 is 5.11 Å². The molecule has 1 fully saturated rings. The normalized spacial score (nSPS) is 27.1. The minimum atomic E-state index is -0.917. The number of carboxylic acid groups (broad SMARTS) is 1. The van der Waals surface area contributed by atoms with Crippen molar-refractivity contribution in [1.82, 2.24) is 0 Å². The molecular formula is C14H15FO3. The van der Waals surface area contributed by atoms with E-state index >= 15 is 0 Å². The van der Waals surface area contributed by atoms with Crippen LogP contribution < -0.4 is 0 Å². The zero-order valence-electron chi connectivity index (χ0n) is 10.1. The summed E-state index contributed by atoms with van der Waals surface area (Å²) in [4.78, 5) is 23.4. The first-order valence-electron chi connectivity index (χ1n) is 6.01. The second-order valence-electron chi connectivity index (χ2n) is 5.00. The molecule has 0 aliphatic heterocycles. The van der Waals surface area contributed by atoms with Gasteiger partial charge in [-0.2, -0.15) is 0 Å². The summed E-state index contributed by atoms with van der Waals surface area (Å²) in [5.74, 6) is -2.37. The molecule has 3 nitrogen and oxygen atoms in total. The van der Waals surface area contributed by atoms with Gasteiger partial charge in [0.1, 0.15) is 5.82 Å². The van der Waals surface area contributed by atoms with Gasteiger partial charge in [-0.15, -0.1) is 0 Å². The third-order valence-electron chi connectivity index (χ3n) is 3.58. The number of hydrogen-bond acceptors (Lipinski definition) is 2. The van der Waals surface area contributed by atoms with Crippen LogP contribution in [-0.4, -0.2) is 16.9 Å². The fourth-order valence-corrected chi connectivity index (χ4v) is 2.68. The number of halogens is 1. The second-order valence-corrected chi connectivity index (χ2v) is 5.00. The molecule has 1 aromatic carbocycles. The monoisotopic (exact) mass is 250 g/mol. The van der Waals surface area contributed by atoms with E-state index in [2.05, 4.69) is 0 Å². The average Bonchev–Trinajstić information content (AvgIpc) is 2.71. The summed E-state index contributed by atoms with van der Waals surface area (Å²) in [6.07, 6.45) is 1.13. The topological polar surface area (TPSA) is 54.4 Å². The van der Waals surface area contributed by atoms with Crippen molar-refractivity contribution < 1.29 is 19.1 Å². The fourth-order valence-electron chi connectivity index (χ4n) is 2.68. The summed E-state index contributed by atoms with van der Waals surface area (Å²) in [6.45, 7) is 1.95. The molecule has 0 saturated heterocycles. The van der Waals surface area contributed by atoms with E-state index in [1.165, 1.54) is 24.3 Å². The van der Waals surface area contributed by atoms with E-state index in [9.17, 15) is 14.0 Å². The predicted octanol–water partition coefficient (Wildman–Crippen LogP) is 2.76. The average molecular weight is 250 g/mol. The molecule has 1 aromatic rings. The molecule has 96 valence electrons. The van der Waals surface area contributed by atoms with Crippen LogP contribution in [0.2, 0.25) is 0 Å². The third-order valence-corrected chi connectivity index (χ3v) is 3.58. The summed E-state index contributed by atoms with van der Waals surface area (Å²) in [7, 11) is 0. The van der Waals surface area contributed by atoms with Gasteiger partial charge in [0.2, 0.25) is 0 Å². The summed E-state index contributed by atoms with van der Waals surface area (Å²) in [6, 6.07) is 5.28.